The molecule has 30 heavy (non-hydrogen) atoms. The molecule has 6 aliphatic rings. The van der Waals surface area contributed by atoms with Gasteiger partial charge in [0.25, 0.3) is 0 Å². The van der Waals surface area contributed by atoms with Crippen LogP contribution in [0.15, 0.2) is 22.7 Å². The Morgan fingerprint density at radius 1 is 1.20 bits per heavy atom. The topological polar surface area (TPSA) is 61.8 Å². The summed E-state index contributed by atoms with van der Waals surface area (Å²) in [7, 11) is 6.81. The minimum absolute atomic E-state index is 0.302. The van der Waals surface area contributed by atoms with Crippen LogP contribution in [-0.4, -0.2) is 71.1 Å². The van der Waals surface area contributed by atoms with Crippen molar-refractivity contribution in [2.75, 3.05) is 48.2 Å². The summed E-state index contributed by atoms with van der Waals surface area (Å²) in [6, 6.07) is 2.70. The fourth-order valence-electron chi connectivity index (χ4n) is 6.91. The molecule has 1 aromatic carbocycles. The smallest absolute Gasteiger partial charge is 0.201 e. The number of hydrogen-bond acceptors (Lipinski definition) is 7. The average Bonchev–Trinajstić information content (AvgIpc) is 3.14. The summed E-state index contributed by atoms with van der Waals surface area (Å²) in [5.41, 5.74) is 3.12. The van der Waals surface area contributed by atoms with Crippen LogP contribution in [0.25, 0.3) is 0 Å². The van der Waals surface area contributed by atoms with E-state index >= 15 is 0 Å². The molecular formula is C23H28N2O5. The van der Waals surface area contributed by atoms with Gasteiger partial charge in [0.1, 0.15) is 11.4 Å². The second-order valence-corrected chi connectivity index (χ2v) is 8.94. The number of hydrogen-bond donors (Lipinski definition) is 0. The van der Waals surface area contributed by atoms with Crippen molar-refractivity contribution in [2.24, 2.45) is 16.8 Å². The summed E-state index contributed by atoms with van der Waals surface area (Å²) >= 11 is 0. The Bertz CT molecular complexity index is 973. The van der Waals surface area contributed by atoms with Gasteiger partial charge in [0.05, 0.1) is 40.0 Å². The predicted molar refractivity (Wildman–Crippen MR) is 111 cm³/mol. The molecular weight excluding hydrogens is 384 g/mol. The lowest BCUT2D eigenvalue weighted by Crippen LogP contribution is -2.61. The summed E-state index contributed by atoms with van der Waals surface area (Å²) in [6.07, 6.45) is 4.40. The van der Waals surface area contributed by atoms with Crippen LogP contribution in [0.3, 0.4) is 0 Å². The van der Waals surface area contributed by atoms with E-state index in [9.17, 15) is 0 Å². The summed E-state index contributed by atoms with van der Waals surface area (Å²) in [5.74, 6) is 4.03. The molecule has 7 nitrogen and oxygen atoms in total. The number of ether oxygens (including phenoxy) is 5. The molecule has 0 aromatic heterocycles. The minimum atomic E-state index is -0.302. The van der Waals surface area contributed by atoms with Gasteiger partial charge in [0, 0.05) is 43.3 Å². The van der Waals surface area contributed by atoms with E-state index < -0.39 is 0 Å². The molecule has 1 spiro atoms. The fraction of sp³-hybridized carbons (Fsp3) is 0.609. The van der Waals surface area contributed by atoms with Crippen LogP contribution in [-0.2, 0) is 14.9 Å². The number of piperidine rings is 3. The van der Waals surface area contributed by atoms with E-state index in [0.717, 1.165) is 42.3 Å². The fourth-order valence-corrected chi connectivity index (χ4v) is 6.91. The van der Waals surface area contributed by atoms with Crippen molar-refractivity contribution in [3.63, 3.8) is 0 Å². The third kappa shape index (κ3) is 2.05. The molecule has 160 valence electrons. The van der Waals surface area contributed by atoms with Crippen molar-refractivity contribution in [1.29, 1.82) is 0 Å². The Morgan fingerprint density at radius 2 is 2.03 bits per heavy atom. The van der Waals surface area contributed by atoms with E-state index in [4.69, 9.17) is 28.7 Å². The lowest BCUT2D eigenvalue weighted by Gasteiger charge is -2.54. The highest BCUT2D eigenvalue weighted by Gasteiger charge is 2.70. The molecule has 0 saturated carbocycles. The average molecular weight is 412 g/mol. The normalized spacial score (nSPS) is 38.1. The van der Waals surface area contributed by atoms with E-state index in [1.807, 2.05) is 6.07 Å². The Hall–Kier alpha value is -2.25. The molecule has 0 amide bonds. The zero-order valence-electron chi connectivity index (χ0n) is 17.9. The molecule has 6 heterocycles. The van der Waals surface area contributed by atoms with E-state index in [0.29, 0.717) is 48.6 Å². The maximum absolute atomic E-state index is 6.46. The highest BCUT2D eigenvalue weighted by atomic mass is 16.5. The number of fused-ring (bicyclic) bond motifs is 2. The van der Waals surface area contributed by atoms with Crippen molar-refractivity contribution in [1.82, 2.24) is 4.90 Å². The van der Waals surface area contributed by atoms with Crippen LogP contribution in [0, 0.1) is 11.8 Å². The van der Waals surface area contributed by atoms with Gasteiger partial charge in [0.15, 0.2) is 11.5 Å². The number of aliphatic imine (C=N–C) groups is 1. The number of methoxy groups -OCH3 is 4. The van der Waals surface area contributed by atoms with Crippen LogP contribution in [0.2, 0.25) is 0 Å². The molecule has 0 radical (unpaired) electrons. The first-order valence-electron chi connectivity index (χ1n) is 10.7. The Morgan fingerprint density at radius 3 is 2.77 bits per heavy atom. The van der Waals surface area contributed by atoms with E-state index in [2.05, 4.69) is 11.0 Å². The predicted octanol–water partition coefficient (Wildman–Crippen LogP) is 2.69. The first-order valence-corrected chi connectivity index (χ1v) is 10.7. The first kappa shape index (κ1) is 18.5. The largest absolute Gasteiger partial charge is 0.494 e. The Kier molecular flexibility index (Phi) is 3.93. The number of nitrogens with zero attached hydrogens (tertiary/aromatic N) is 2. The molecule has 0 N–H and O–H groups in total. The van der Waals surface area contributed by atoms with Gasteiger partial charge in [0.2, 0.25) is 5.90 Å². The van der Waals surface area contributed by atoms with Gasteiger partial charge in [-0.15, -0.1) is 0 Å². The Labute approximate surface area is 176 Å². The van der Waals surface area contributed by atoms with Crippen molar-refractivity contribution in [3.05, 3.63) is 23.3 Å². The van der Waals surface area contributed by atoms with Crippen LogP contribution in [0.5, 0.6) is 17.2 Å². The molecule has 1 unspecified atom stereocenters. The zero-order chi connectivity index (χ0) is 20.6. The molecule has 6 atom stereocenters. The standard InChI is InChI=1S/C23H28N2O5/c1-26-6-5-12-10-25-15-9-23-18(25)7-13(12)14(15)11-30-22(23)24-20-16(27-2)8-17(28-3)21(29-4)19(20)23/h5,8,13-15,18H,6-7,9-11H2,1-4H3/b12-5+/t13-,14-,15-,18-,23+/m0/s1. The van der Waals surface area contributed by atoms with Gasteiger partial charge in [-0.1, -0.05) is 11.6 Å². The molecule has 5 bridgehead atoms. The second kappa shape index (κ2) is 6.37. The van der Waals surface area contributed by atoms with Crippen molar-refractivity contribution in [2.45, 2.75) is 30.3 Å². The lowest BCUT2D eigenvalue weighted by atomic mass is 9.68. The number of benzene rings is 1. The summed E-state index contributed by atoms with van der Waals surface area (Å²) in [6.45, 7) is 2.39. The molecule has 6 aliphatic heterocycles. The first-order chi connectivity index (χ1) is 14.7. The van der Waals surface area contributed by atoms with E-state index in [1.54, 1.807) is 28.4 Å². The van der Waals surface area contributed by atoms with Gasteiger partial charge in [-0.3, -0.25) is 4.90 Å². The maximum Gasteiger partial charge on any atom is 0.201 e. The molecule has 1 aromatic rings. The highest BCUT2D eigenvalue weighted by Crippen LogP contribution is 2.66. The summed E-state index contributed by atoms with van der Waals surface area (Å²) in [4.78, 5) is 7.70. The second-order valence-electron chi connectivity index (χ2n) is 8.94. The zero-order valence-corrected chi connectivity index (χ0v) is 17.9. The third-order valence-corrected chi connectivity index (χ3v) is 8.05. The molecule has 7 heteroatoms. The molecule has 0 aliphatic carbocycles. The minimum Gasteiger partial charge on any atom is -0.494 e. The number of rotatable bonds is 5. The van der Waals surface area contributed by atoms with Crippen LogP contribution in [0.1, 0.15) is 18.4 Å². The van der Waals surface area contributed by atoms with Gasteiger partial charge in [-0.25, -0.2) is 4.99 Å². The van der Waals surface area contributed by atoms with Crippen molar-refractivity contribution in [3.8, 4) is 17.2 Å². The maximum atomic E-state index is 6.46. The van der Waals surface area contributed by atoms with Crippen LogP contribution >= 0.6 is 0 Å². The lowest BCUT2D eigenvalue weighted by molar-refractivity contribution is -0.0156. The Balaban J connectivity index is 1.54. The van der Waals surface area contributed by atoms with Gasteiger partial charge >= 0.3 is 0 Å². The van der Waals surface area contributed by atoms with Gasteiger partial charge in [-0.2, -0.15) is 0 Å². The van der Waals surface area contributed by atoms with Gasteiger partial charge in [-0.05, 0) is 18.8 Å². The van der Waals surface area contributed by atoms with Crippen molar-refractivity contribution < 1.29 is 23.7 Å². The summed E-state index contributed by atoms with van der Waals surface area (Å²) < 4.78 is 29.1. The SMILES string of the molecule is COC/C=C1\CN2[C@H]3C[C@@H]1[C@@H]1COC4=Nc5c(OC)cc(OC)c(OC)c5[C@]43C[C@@H]12. The molecule has 5 saturated heterocycles. The van der Waals surface area contributed by atoms with E-state index in [-0.39, 0.29) is 5.41 Å². The summed E-state index contributed by atoms with van der Waals surface area (Å²) in [5, 5.41) is 0. The van der Waals surface area contributed by atoms with E-state index in [1.165, 1.54) is 5.57 Å². The highest BCUT2D eigenvalue weighted by molar-refractivity contribution is 6.01. The quantitative estimate of drug-likeness (QED) is 0.693. The molecule has 7 rings (SSSR count). The third-order valence-electron chi connectivity index (χ3n) is 8.05. The van der Waals surface area contributed by atoms with Crippen molar-refractivity contribution >= 4 is 11.6 Å². The van der Waals surface area contributed by atoms with Crippen LogP contribution < -0.4 is 14.2 Å². The monoisotopic (exact) mass is 412 g/mol. The van der Waals surface area contributed by atoms with Crippen LogP contribution in [0.4, 0.5) is 5.69 Å². The van der Waals surface area contributed by atoms with Gasteiger partial charge < -0.3 is 23.7 Å². The molecule has 5 fully saturated rings.